The van der Waals surface area contributed by atoms with E-state index in [2.05, 4.69) is 6.92 Å². The Morgan fingerprint density at radius 3 is 2.53 bits per heavy atom. The van der Waals surface area contributed by atoms with Gasteiger partial charge in [0.1, 0.15) is 5.58 Å². The van der Waals surface area contributed by atoms with E-state index >= 15 is 0 Å². The molecule has 2 heterocycles. The molecule has 1 aliphatic rings. The molecule has 1 unspecified atom stereocenters. The van der Waals surface area contributed by atoms with Crippen molar-refractivity contribution in [2.24, 2.45) is 0 Å². The molecule has 1 aliphatic heterocycles. The van der Waals surface area contributed by atoms with Gasteiger partial charge in [0, 0.05) is 13.2 Å². The molecular formula is C29H35NO6. The molecule has 1 N–H and O–H groups in total. The van der Waals surface area contributed by atoms with Crippen molar-refractivity contribution >= 4 is 16.9 Å². The molecular weight excluding hydrogens is 458 g/mol. The van der Waals surface area contributed by atoms with E-state index < -0.39 is 6.04 Å². The molecule has 192 valence electrons. The Hall–Kier alpha value is -3.32. The average Bonchev–Trinajstić information content (AvgIpc) is 3.12. The quantitative estimate of drug-likeness (QED) is 0.365. The summed E-state index contributed by atoms with van der Waals surface area (Å²) in [6, 6.07) is 8.66. The number of rotatable bonds is 11. The van der Waals surface area contributed by atoms with Crippen molar-refractivity contribution in [2.75, 3.05) is 26.4 Å². The highest BCUT2D eigenvalue weighted by Crippen LogP contribution is 2.41. The number of aryl methyl sites for hydroxylation is 2. The Bertz CT molecular complexity index is 1310. The highest BCUT2D eigenvalue weighted by atomic mass is 16.5. The lowest BCUT2D eigenvalue weighted by molar-refractivity contribution is 0.0716. The minimum absolute atomic E-state index is 0.0662. The molecule has 1 atom stereocenters. The molecule has 4 rings (SSSR count). The first-order valence-electron chi connectivity index (χ1n) is 12.8. The molecule has 1 aromatic heterocycles. The van der Waals surface area contributed by atoms with Crippen molar-refractivity contribution < 1.29 is 23.8 Å². The normalized spacial score (nSPS) is 15.0. The van der Waals surface area contributed by atoms with Crippen LogP contribution in [0.25, 0.3) is 11.0 Å². The van der Waals surface area contributed by atoms with Gasteiger partial charge in [-0.3, -0.25) is 9.59 Å². The Balaban J connectivity index is 1.84. The van der Waals surface area contributed by atoms with Crippen LogP contribution in [0.3, 0.4) is 0 Å². The molecule has 0 radical (unpaired) electrons. The fourth-order valence-electron chi connectivity index (χ4n) is 4.95. The standard InChI is InChI=1S/C29H35NO6/c1-5-7-8-14-35-21-11-10-20(17-22(21)34-6-2)26-25-27(32)24-19(4)15-18(3)16-23(24)36-28(25)29(33)30(26)12-9-13-31/h10-11,15-17,26,31H,5-9,12-14H2,1-4H3. The summed E-state index contributed by atoms with van der Waals surface area (Å²) in [5, 5.41) is 9.96. The highest BCUT2D eigenvalue weighted by Gasteiger charge is 2.42. The van der Waals surface area contributed by atoms with E-state index in [1.54, 1.807) is 11.0 Å². The van der Waals surface area contributed by atoms with Crippen LogP contribution in [0.4, 0.5) is 0 Å². The number of carbonyl (C=O) groups excluding carboxylic acids is 1. The molecule has 3 aromatic rings. The minimum Gasteiger partial charge on any atom is -0.490 e. The summed E-state index contributed by atoms with van der Waals surface area (Å²) < 4.78 is 18.0. The van der Waals surface area contributed by atoms with Gasteiger partial charge in [0.25, 0.3) is 5.91 Å². The second-order valence-corrected chi connectivity index (χ2v) is 9.30. The summed E-state index contributed by atoms with van der Waals surface area (Å²) in [6.45, 7) is 9.13. The number of nitrogens with zero attached hydrogens (tertiary/aromatic N) is 1. The summed E-state index contributed by atoms with van der Waals surface area (Å²) in [6.07, 6.45) is 3.54. The lowest BCUT2D eigenvalue weighted by atomic mass is 9.96. The van der Waals surface area contributed by atoms with Gasteiger partial charge in [0.05, 0.1) is 30.2 Å². The number of benzene rings is 2. The fraction of sp³-hybridized carbons (Fsp3) is 0.448. The minimum atomic E-state index is -0.645. The number of aliphatic hydroxyl groups excluding tert-OH is 1. The van der Waals surface area contributed by atoms with Crippen LogP contribution in [-0.2, 0) is 0 Å². The number of ether oxygens (including phenoxy) is 2. The third kappa shape index (κ3) is 4.85. The van der Waals surface area contributed by atoms with E-state index in [0.29, 0.717) is 47.7 Å². The number of fused-ring (bicyclic) bond motifs is 2. The summed E-state index contributed by atoms with van der Waals surface area (Å²) in [4.78, 5) is 28.9. The van der Waals surface area contributed by atoms with Crippen LogP contribution in [0, 0.1) is 13.8 Å². The van der Waals surface area contributed by atoms with E-state index in [1.807, 2.05) is 45.0 Å². The Kier molecular flexibility index (Phi) is 7.99. The van der Waals surface area contributed by atoms with E-state index in [9.17, 15) is 14.7 Å². The number of aliphatic hydroxyl groups is 1. The average molecular weight is 494 g/mol. The molecule has 0 spiro atoms. The number of hydrogen-bond donors (Lipinski definition) is 1. The molecule has 1 amide bonds. The van der Waals surface area contributed by atoms with Crippen molar-refractivity contribution in [3.63, 3.8) is 0 Å². The van der Waals surface area contributed by atoms with E-state index in [1.165, 1.54) is 0 Å². The van der Waals surface area contributed by atoms with Crippen molar-refractivity contribution in [1.82, 2.24) is 4.90 Å². The Labute approximate surface area is 211 Å². The van der Waals surface area contributed by atoms with Gasteiger partial charge in [-0.1, -0.05) is 31.9 Å². The third-order valence-electron chi connectivity index (χ3n) is 6.56. The maximum absolute atomic E-state index is 13.8. The van der Waals surface area contributed by atoms with Crippen LogP contribution < -0.4 is 14.9 Å². The zero-order chi connectivity index (χ0) is 25.8. The van der Waals surface area contributed by atoms with Gasteiger partial charge in [-0.25, -0.2) is 0 Å². The van der Waals surface area contributed by atoms with E-state index in [-0.39, 0.29) is 30.2 Å². The third-order valence-corrected chi connectivity index (χ3v) is 6.56. The first-order valence-corrected chi connectivity index (χ1v) is 12.8. The number of hydrogen-bond acceptors (Lipinski definition) is 6. The molecule has 0 bridgehead atoms. The van der Waals surface area contributed by atoms with Crippen molar-refractivity contribution in [2.45, 2.75) is 59.4 Å². The van der Waals surface area contributed by atoms with Gasteiger partial charge in [-0.05, 0) is 68.5 Å². The van der Waals surface area contributed by atoms with E-state index in [0.717, 1.165) is 36.0 Å². The monoisotopic (exact) mass is 493 g/mol. The predicted molar refractivity (Wildman–Crippen MR) is 139 cm³/mol. The lowest BCUT2D eigenvalue weighted by Gasteiger charge is -2.25. The summed E-state index contributed by atoms with van der Waals surface area (Å²) in [7, 11) is 0. The second kappa shape index (κ2) is 11.2. The summed E-state index contributed by atoms with van der Waals surface area (Å²) >= 11 is 0. The topological polar surface area (TPSA) is 89.2 Å². The molecule has 0 saturated carbocycles. The van der Waals surface area contributed by atoms with Crippen LogP contribution in [0.2, 0.25) is 0 Å². The first kappa shape index (κ1) is 25.8. The number of carbonyl (C=O) groups is 1. The van der Waals surface area contributed by atoms with Gasteiger partial charge in [-0.2, -0.15) is 0 Å². The summed E-state index contributed by atoms with van der Waals surface area (Å²) in [5.74, 6) is 0.935. The zero-order valence-corrected chi connectivity index (χ0v) is 21.6. The second-order valence-electron chi connectivity index (χ2n) is 9.30. The van der Waals surface area contributed by atoms with Gasteiger partial charge >= 0.3 is 0 Å². The molecule has 36 heavy (non-hydrogen) atoms. The summed E-state index contributed by atoms with van der Waals surface area (Å²) in [5.41, 5.74) is 3.05. The van der Waals surface area contributed by atoms with Crippen LogP contribution in [0.15, 0.2) is 39.5 Å². The molecule has 0 aliphatic carbocycles. The van der Waals surface area contributed by atoms with Crippen molar-refractivity contribution in [3.05, 3.63) is 68.6 Å². The highest BCUT2D eigenvalue weighted by molar-refractivity contribution is 5.99. The van der Waals surface area contributed by atoms with Crippen molar-refractivity contribution in [3.8, 4) is 11.5 Å². The first-order chi connectivity index (χ1) is 17.4. The maximum Gasteiger partial charge on any atom is 0.290 e. The largest absolute Gasteiger partial charge is 0.490 e. The Morgan fingerprint density at radius 2 is 1.81 bits per heavy atom. The van der Waals surface area contributed by atoms with Crippen LogP contribution in [0.5, 0.6) is 11.5 Å². The molecule has 0 saturated heterocycles. The van der Waals surface area contributed by atoms with Crippen LogP contribution >= 0.6 is 0 Å². The van der Waals surface area contributed by atoms with Crippen LogP contribution in [-0.4, -0.2) is 42.3 Å². The van der Waals surface area contributed by atoms with Gasteiger partial charge in [-0.15, -0.1) is 0 Å². The Morgan fingerprint density at radius 1 is 1.00 bits per heavy atom. The SMILES string of the molecule is CCCCCOc1ccc(C2c3c(oc4cc(C)cc(C)c4c3=O)C(=O)N2CCCO)cc1OCC. The van der Waals surface area contributed by atoms with Gasteiger partial charge < -0.3 is 23.9 Å². The molecule has 7 heteroatoms. The molecule has 0 fully saturated rings. The predicted octanol–water partition coefficient (Wildman–Crippen LogP) is 5.31. The zero-order valence-electron chi connectivity index (χ0n) is 21.6. The number of amides is 1. The van der Waals surface area contributed by atoms with Gasteiger partial charge in [0.15, 0.2) is 16.9 Å². The molecule has 7 nitrogen and oxygen atoms in total. The molecule has 2 aromatic carbocycles. The van der Waals surface area contributed by atoms with Crippen LogP contribution in [0.1, 0.15) is 78.4 Å². The van der Waals surface area contributed by atoms with Crippen molar-refractivity contribution in [1.29, 1.82) is 0 Å². The fourth-order valence-corrected chi connectivity index (χ4v) is 4.95. The number of unbranched alkanes of at least 4 members (excludes halogenated alkanes) is 2. The van der Waals surface area contributed by atoms with Gasteiger partial charge in [0.2, 0.25) is 5.76 Å². The van der Waals surface area contributed by atoms with E-state index in [4.69, 9.17) is 13.9 Å². The smallest absolute Gasteiger partial charge is 0.290 e. The maximum atomic E-state index is 13.8. The lowest BCUT2D eigenvalue weighted by Crippen LogP contribution is -2.31.